The van der Waals surface area contributed by atoms with Crippen LogP contribution in [0, 0.1) is 0 Å². The minimum Gasteiger partial charge on any atom is -0.508 e. The van der Waals surface area contributed by atoms with Gasteiger partial charge in [-0.05, 0) is 25.2 Å². The number of benzene rings is 2. The van der Waals surface area contributed by atoms with E-state index in [1.54, 1.807) is 12.1 Å². The van der Waals surface area contributed by atoms with Gasteiger partial charge in [0.2, 0.25) is 0 Å². The average Bonchev–Trinajstić information content (AvgIpc) is 2.92. The molecule has 0 aliphatic heterocycles. The number of halogens is 1. The van der Waals surface area contributed by atoms with Crippen molar-refractivity contribution in [2.45, 2.75) is 20.4 Å². The van der Waals surface area contributed by atoms with Gasteiger partial charge in [0.1, 0.15) is 11.3 Å². The number of fused-ring (bicyclic) bond motifs is 1. The Morgan fingerprint density at radius 2 is 1.74 bits per heavy atom. The Kier molecular flexibility index (Phi) is 4.60. The highest BCUT2D eigenvalue weighted by atomic mass is 35.5. The van der Waals surface area contributed by atoms with Gasteiger partial charge in [-0.25, -0.2) is 0 Å². The van der Waals surface area contributed by atoms with Crippen LogP contribution < -0.4 is 0 Å². The highest BCUT2D eigenvalue weighted by molar-refractivity contribution is 6.38. The van der Waals surface area contributed by atoms with Crippen LogP contribution in [0.25, 0.3) is 22.3 Å². The summed E-state index contributed by atoms with van der Waals surface area (Å²) in [7, 11) is 0. The van der Waals surface area contributed by atoms with Crippen LogP contribution in [0.2, 0.25) is 5.02 Å². The molecule has 120 valence electrons. The van der Waals surface area contributed by atoms with Gasteiger partial charge in [0.25, 0.3) is 0 Å². The zero-order valence-electron chi connectivity index (χ0n) is 13.3. The maximum atomic E-state index is 10.3. The molecule has 1 N–H and O–H groups in total. The molecule has 0 atom stereocenters. The van der Waals surface area contributed by atoms with Crippen molar-refractivity contribution >= 4 is 22.6 Å². The second-order valence-electron chi connectivity index (χ2n) is 5.51. The Hall–Kier alpha value is -1.97. The SMILES string of the molecule is CCN(CC)Cc1c(O)ccc2oc(-c3ccccc3)c(Cl)c12. The monoisotopic (exact) mass is 329 g/mol. The van der Waals surface area contributed by atoms with E-state index in [1.807, 2.05) is 30.3 Å². The average molecular weight is 330 g/mol. The van der Waals surface area contributed by atoms with Crippen molar-refractivity contribution in [2.24, 2.45) is 0 Å². The number of nitrogens with zero attached hydrogens (tertiary/aromatic N) is 1. The second kappa shape index (κ2) is 6.65. The number of hydrogen-bond acceptors (Lipinski definition) is 3. The van der Waals surface area contributed by atoms with E-state index >= 15 is 0 Å². The molecule has 0 aliphatic carbocycles. The fourth-order valence-corrected chi connectivity index (χ4v) is 3.17. The van der Waals surface area contributed by atoms with Crippen LogP contribution in [-0.4, -0.2) is 23.1 Å². The molecule has 0 saturated heterocycles. The molecule has 3 nitrogen and oxygen atoms in total. The first-order valence-corrected chi connectivity index (χ1v) is 8.24. The van der Waals surface area contributed by atoms with E-state index in [0.717, 1.165) is 29.6 Å². The lowest BCUT2D eigenvalue weighted by molar-refractivity contribution is 0.292. The van der Waals surface area contributed by atoms with E-state index in [1.165, 1.54) is 0 Å². The van der Waals surface area contributed by atoms with E-state index in [0.29, 0.717) is 22.9 Å². The van der Waals surface area contributed by atoms with E-state index in [9.17, 15) is 5.11 Å². The Labute approximate surface area is 141 Å². The minimum absolute atomic E-state index is 0.256. The zero-order valence-corrected chi connectivity index (χ0v) is 14.1. The van der Waals surface area contributed by atoms with Crippen molar-refractivity contribution in [1.82, 2.24) is 4.90 Å². The summed E-state index contributed by atoms with van der Waals surface area (Å²) in [5.74, 6) is 0.903. The molecular formula is C19H20ClNO2. The third kappa shape index (κ3) is 2.94. The maximum Gasteiger partial charge on any atom is 0.154 e. The lowest BCUT2D eigenvalue weighted by Crippen LogP contribution is -2.22. The van der Waals surface area contributed by atoms with E-state index in [-0.39, 0.29) is 5.75 Å². The smallest absolute Gasteiger partial charge is 0.154 e. The first-order valence-electron chi connectivity index (χ1n) is 7.86. The Bertz CT molecular complexity index is 807. The Morgan fingerprint density at radius 1 is 1.04 bits per heavy atom. The van der Waals surface area contributed by atoms with Crippen molar-refractivity contribution in [1.29, 1.82) is 0 Å². The lowest BCUT2D eigenvalue weighted by Gasteiger charge is -2.19. The standard InChI is InChI=1S/C19H20ClNO2/c1-3-21(4-2)12-14-15(22)10-11-16-17(14)18(20)19(23-16)13-8-6-5-7-9-13/h5-11,22H,3-4,12H2,1-2H3. The fourth-order valence-electron chi connectivity index (χ4n) is 2.82. The third-order valence-corrected chi connectivity index (χ3v) is 4.55. The van der Waals surface area contributed by atoms with E-state index < -0.39 is 0 Å². The summed E-state index contributed by atoms with van der Waals surface area (Å²) < 4.78 is 5.97. The third-order valence-electron chi connectivity index (χ3n) is 4.19. The molecule has 4 heteroatoms. The topological polar surface area (TPSA) is 36.6 Å². The van der Waals surface area contributed by atoms with Gasteiger partial charge in [0.05, 0.1) is 5.02 Å². The summed E-state index contributed by atoms with van der Waals surface area (Å²) in [5, 5.41) is 11.7. The maximum absolute atomic E-state index is 10.3. The number of furan rings is 1. The highest BCUT2D eigenvalue weighted by Gasteiger charge is 2.20. The van der Waals surface area contributed by atoms with Crippen LogP contribution in [-0.2, 0) is 6.54 Å². The highest BCUT2D eigenvalue weighted by Crippen LogP contribution is 2.41. The van der Waals surface area contributed by atoms with Gasteiger partial charge in [-0.1, -0.05) is 55.8 Å². The van der Waals surface area contributed by atoms with Gasteiger partial charge in [-0.2, -0.15) is 0 Å². The van der Waals surface area contributed by atoms with Gasteiger partial charge < -0.3 is 9.52 Å². The van der Waals surface area contributed by atoms with Crippen LogP contribution in [0.1, 0.15) is 19.4 Å². The molecule has 0 saturated carbocycles. The predicted octanol–water partition coefficient (Wildman–Crippen LogP) is 5.30. The fraction of sp³-hybridized carbons (Fsp3) is 0.263. The van der Waals surface area contributed by atoms with Crippen molar-refractivity contribution in [3.05, 3.63) is 53.1 Å². The van der Waals surface area contributed by atoms with Gasteiger partial charge in [0, 0.05) is 23.1 Å². The zero-order chi connectivity index (χ0) is 16.4. The van der Waals surface area contributed by atoms with Crippen LogP contribution in [0.4, 0.5) is 0 Å². The van der Waals surface area contributed by atoms with Crippen molar-refractivity contribution in [3.63, 3.8) is 0 Å². The van der Waals surface area contributed by atoms with Crippen LogP contribution in [0.3, 0.4) is 0 Å². The van der Waals surface area contributed by atoms with Crippen LogP contribution in [0.5, 0.6) is 5.75 Å². The van der Waals surface area contributed by atoms with Gasteiger partial charge >= 0.3 is 0 Å². The molecule has 2 aromatic carbocycles. The van der Waals surface area contributed by atoms with Gasteiger partial charge in [-0.15, -0.1) is 0 Å². The first kappa shape index (κ1) is 15.9. The second-order valence-corrected chi connectivity index (χ2v) is 5.89. The summed E-state index contributed by atoms with van der Waals surface area (Å²) in [6.07, 6.45) is 0. The van der Waals surface area contributed by atoms with E-state index in [4.69, 9.17) is 16.0 Å². The number of phenolic OH excluding ortho intramolecular Hbond substituents is 1. The molecule has 0 amide bonds. The first-order chi connectivity index (χ1) is 11.2. The molecule has 0 radical (unpaired) electrons. The molecule has 1 heterocycles. The molecule has 0 unspecified atom stereocenters. The van der Waals surface area contributed by atoms with Crippen molar-refractivity contribution < 1.29 is 9.52 Å². The summed E-state index contributed by atoms with van der Waals surface area (Å²) in [5.41, 5.74) is 2.46. The molecular weight excluding hydrogens is 310 g/mol. The molecule has 0 aliphatic rings. The summed E-state index contributed by atoms with van der Waals surface area (Å²) >= 11 is 6.62. The van der Waals surface area contributed by atoms with Crippen molar-refractivity contribution in [2.75, 3.05) is 13.1 Å². The van der Waals surface area contributed by atoms with Gasteiger partial charge in [0.15, 0.2) is 5.76 Å². The predicted molar refractivity (Wildman–Crippen MR) is 94.9 cm³/mol. The summed E-state index contributed by atoms with van der Waals surface area (Å²) in [6.45, 7) is 6.67. The molecule has 0 spiro atoms. The molecule has 1 aromatic heterocycles. The molecule has 23 heavy (non-hydrogen) atoms. The molecule has 3 aromatic rings. The normalized spacial score (nSPS) is 11.5. The molecule has 3 rings (SSSR count). The quantitative estimate of drug-likeness (QED) is 0.690. The largest absolute Gasteiger partial charge is 0.508 e. The number of rotatable bonds is 5. The van der Waals surface area contributed by atoms with Crippen LogP contribution >= 0.6 is 11.6 Å². The number of hydrogen-bond donors (Lipinski definition) is 1. The van der Waals surface area contributed by atoms with E-state index in [2.05, 4.69) is 18.7 Å². The van der Waals surface area contributed by atoms with Crippen molar-refractivity contribution in [3.8, 4) is 17.1 Å². The summed E-state index contributed by atoms with van der Waals surface area (Å²) in [4.78, 5) is 2.24. The van der Waals surface area contributed by atoms with Gasteiger partial charge in [-0.3, -0.25) is 4.90 Å². The molecule has 0 bridgehead atoms. The van der Waals surface area contributed by atoms with Crippen LogP contribution in [0.15, 0.2) is 46.9 Å². The minimum atomic E-state index is 0.256. The number of aromatic hydroxyl groups is 1. The lowest BCUT2D eigenvalue weighted by atomic mass is 10.1. The Morgan fingerprint density at radius 3 is 2.39 bits per heavy atom. The summed E-state index contributed by atoms with van der Waals surface area (Å²) in [6, 6.07) is 13.2. The molecule has 0 fully saturated rings. The Balaban J connectivity index is 2.17. The number of phenols is 1.